The molecule has 2 fully saturated rings. The Hall–Kier alpha value is -3.20. The summed E-state index contributed by atoms with van der Waals surface area (Å²) in [5.41, 5.74) is 4.04. The first-order valence-electron chi connectivity index (χ1n) is 11.5. The van der Waals surface area contributed by atoms with Crippen molar-refractivity contribution in [2.75, 3.05) is 42.6 Å². The molecule has 0 saturated carbocycles. The molecule has 0 bridgehead atoms. The van der Waals surface area contributed by atoms with E-state index in [1.807, 2.05) is 31.2 Å². The smallest absolute Gasteiger partial charge is 0.274 e. The molecule has 178 valence electrons. The normalized spacial score (nSPS) is 20.0. The van der Waals surface area contributed by atoms with Crippen molar-refractivity contribution in [2.45, 2.75) is 19.4 Å². The Morgan fingerprint density at radius 1 is 1.00 bits per heavy atom. The van der Waals surface area contributed by atoms with Gasteiger partial charge >= 0.3 is 0 Å². The summed E-state index contributed by atoms with van der Waals surface area (Å²) in [5.74, 6) is -0.254. The number of benzene rings is 2. The van der Waals surface area contributed by atoms with Crippen LogP contribution in [0, 0.1) is 12.7 Å². The zero-order chi connectivity index (χ0) is 23.9. The molecule has 1 aromatic heterocycles. The Labute approximate surface area is 198 Å². The van der Waals surface area contributed by atoms with Gasteiger partial charge in [0.2, 0.25) is 0 Å². The largest absolute Gasteiger partial charge is 0.368 e. The topological polar surface area (TPSA) is 75.5 Å². The van der Waals surface area contributed by atoms with Crippen LogP contribution in [0.25, 0.3) is 11.3 Å². The van der Waals surface area contributed by atoms with Crippen LogP contribution in [0.4, 0.5) is 10.1 Å². The van der Waals surface area contributed by atoms with Crippen molar-refractivity contribution in [3.63, 3.8) is 0 Å². The summed E-state index contributed by atoms with van der Waals surface area (Å²) >= 11 is 0. The summed E-state index contributed by atoms with van der Waals surface area (Å²) in [6, 6.07) is 15.8. The average Bonchev–Trinajstić information content (AvgIpc) is 3.43. The highest BCUT2D eigenvalue weighted by atomic mass is 32.2. The van der Waals surface area contributed by atoms with E-state index in [9.17, 15) is 17.6 Å². The quantitative estimate of drug-likeness (QED) is 0.570. The average molecular weight is 483 g/mol. The SMILES string of the molecule is Cc1ccc(-c2cc(C(=O)N3CCN(c4ccc(F)cc4)CC3)nn2[C@H]2CCS(=O)(=O)C2)cc1. The first kappa shape index (κ1) is 22.6. The Kier molecular flexibility index (Phi) is 5.89. The molecule has 3 aromatic rings. The van der Waals surface area contributed by atoms with Crippen molar-refractivity contribution in [2.24, 2.45) is 0 Å². The number of nitrogens with zero attached hydrogens (tertiary/aromatic N) is 4. The van der Waals surface area contributed by atoms with Gasteiger partial charge in [0, 0.05) is 31.9 Å². The van der Waals surface area contributed by atoms with Crippen LogP contribution in [0.15, 0.2) is 54.6 Å². The number of piperazine rings is 1. The van der Waals surface area contributed by atoms with Gasteiger partial charge in [0.25, 0.3) is 5.91 Å². The fourth-order valence-corrected chi connectivity index (χ4v) is 6.36. The third kappa shape index (κ3) is 4.57. The summed E-state index contributed by atoms with van der Waals surface area (Å²) in [4.78, 5) is 17.2. The molecule has 9 heteroatoms. The lowest BCUT2D eigenvalue weighted by molar-refractivity contribution is 0.0739. The molecule has 0 aliphatic carbocycles. The molecule has 2 aliphatic rings. The molecule has 7 nitrogen and oxygen atoms in total. The number of carbonyl (C=O) groups is 1. The number of rotatable bonds is 4. The summed E-state index contributed by atoms with van der Waals surface area (Å²) in [7, 11) is -3.10. The number of halogens is 1. The third-order valence-corrected chi connectivity index (χ3v) is 8.37. The Balaban J connectivity index is 1.38. The number of anilines is 1. The molecular formula is C25H27FN4O3S. The molecule has 2 saturated heterocycles. The monoisotopic (exact) mass is 482 g/mol. The number of sulfone groups is 1. The molecule has 0 unspecified atom stereocenters. The minimum Gasteiger partial charge on any atom is -0.368 e. The van der Waals surface area contributed by atoms with Crippen LogP contribution in [0.5, 0.6) is 0 Å². The van der Waals surface area contributed by atoms with Crippen LogP contribution in [0.1, 0.15) is 28.5 Å². The van der Waals surface area contributed by atoms with Crippen LogP contribution in [0.2, 0.25) is 0 Å². The maximum absolute atomic E-state index is 13.3. The van der Waals surface area contributed by atoms with E-state index in [0.717, 1.165) is 22.5 Å². The Morgan fingerprint density at radius 2 is 1.68 bits per heavy atom. The summed E-state index contributed by atoms with van der Waals surface area (Å²) < 4.78 is 39.2. The highest BCUT2D eigenvalue weighted by Crippen LogP contribution is 2.31. The predicted molar refractivity (Wildman–Crippen MR) is 129 cm³/mol. The van der Waals surface area contributed by atoms with Crippen LogP contribution in [-0.4, -0.2) is 66.7 Å². The summed E-state index contributed by atoms with van der Waals surface area (Å²) in [6.07, 6.45) is 0.493. The third-order valence-electron chi connectivity index (χ3n) is 6.62. The molecule has 2 aromatic carbocycles. The molecule has 1 amide bonds. The number of hydrogen-bond donors (Lipinski definition) is 0. The molecule has 2 aliphatic heterocycles. The van der Waals surface area contributed by atoms with Gasteiger partial charge in [-0.15, -0.1) is 0 Å². The standard InChI is InChI=1S/C25H27FN4O3S/c1-18-2-4-19(5-3-18)24-16-23(27-30(24)22-10-15-34(32,33)17-22)25(31)29-13-11-28(12-14-29)21-8-6-20(26)7-9-21/h2-9,16,22H,10-15,17H2,1H3/t22-/m0/s1. The highest BCUT2D eigenvalue weighted by Gasteiger charge is 2.33. The lowest BCUT2D eigenvalue weighted by Gasteiger charge is -2.35. The van der Waals surface area contributed by atoms with E-state index < -0.39 is 9.84 Å². The lowest BCUT2D eigenvalue weighted by Crippen LogP contribution is -2.48. The van der Waals surface area contributed by atoms with Crippen molar-refractivity contribution in [1.29, 1.82) is 0 Å². The molecule has 1 atom stereocenters. The molecule has 0 spiro atoms. The minimum absolute atomic E-state index is 0.0392. The summed E-state index contributed by atoms with van der Waals surface area (Å²) in [6.45, 7) is 4.35. The maximum atomic E-state index is 13.3. The Morgan fingerprint density at radius 3 is 2.29 bits per heavy atom. The van der Waals surface area contributed by atoms with E-state index in [0.29, 0.717) is 38.3 Å². The molecule has 5 rings (SSSR count). The van der Waals surface area contributed by atoms with E-state index in [4.69, 9.17) is 0 Å². The van der Waals surface area contributed by atoms with E-state index in [1.54, 1.807) is 27.8 Å². The van der Waals surface area contributed by atoms with Gasteiger partial charge in [-0.2, -0.15) is 5.10 Å². The molecule has 3 heterocycles. The highest BCUT2D eigenvalue weighted by molar-refractivity contribution is 7.91. The van der Waals surface area contributed by atoms with Crippen LogP contribution in [-0.2, 0) is 9.84 Å². The van der Waals surface area contributed by atoms with Crippen LogP contribution >= 0.6 is 0 Å². The van der Waals surface area contributed by atoms with Gasteiger partial charge < -0.3 is 9.80 Å². The summed E-state index contributed by atoms with van der Waals surface area (Å²) in [5, 5.41) is 4.62. The lowest BCUT2D eigenvalue weighted by atomic mass is 10.1. The molecule has 0 N–H and O–H groups in total. The van der Waals surface area contributed by atoms with Gasteiger partial charge in [0.15, 0.2) is 15.5 Å². The van der Waals surface area contributed by atoms with E-state index >= 15 is 0 Å². The first-order valence-corrected chi connectivity index (χ1v) is 13.3. The van der Waals surface area contributed by atoms with E-state index in [-0.39, 0.29) is 29.3 Å². The zero-order valence-electron chi connectivity index (χ0n) is 19.0. The second-order valence-electron chi connectivity index (χ2n) is 9.04. The van der Waals surface area contributed by atoms with Gasteiger partial charge in [0.05, 0.1) is 23.2 Å². The van der Waals surface area contributed by atoms with Gasteiger partial charge in [-0.05, 0) is 49.2 Å². The van der Waals surface area contributed by atoms with Crippen molar-refractivity contribution in [3.8, 4) is 11.3 Å². The molecular weight excluding hydrogens is 455 g/mol. The van der Waals surface area contributed by atoms with Crippen LogP contribution < -0.4 is 4.90 Å². The molecule has 0 radical (unpaired) electrons. The van der Waals surface area contributed by atoms with Crippen molar-refractivity contribution < 1.29 is 17.6 Å². The van der Waals surface area contributed by atoms with Gasteiger partial charge in [0.1, 0.15) is 5.82 Å². The predicted octanol–water partition coefficient (Wildman–Crippen LogP) is 3.32. The zero-order valence-corrected chi connectivity index (χ0v) is 19.8. The number of aryl methyl sites for hydroxylation is 1. The number of carbonyl (C=O) groups excluding carboxylic acids is 1. The number of hydrogen-bond acceptors (Lipinski definition) is 5. The van der Waals surface area contributed by atoms with Crippen molar-refractivity contribution >= 4 is 21.4 Å². The van der Waals surface area contributed by atoms with Crippen LogP contribution in [0.3, 0.4) is 0 Å². The fraction of sp³-hybridized carbons (Fsp3) is 0.360. The maximum Gasteiger partial charge on any atom is 0.274 e. The fourth-order valence-electron chi connectivity index (χ4n) is 4.67. The second-order valence-corrected chi connectivity index (χ2v) is 11.3. The number of aromatic nitrogens is 2. The van der Waals surface area contributed by atoms with Crippen molar-refractivity contribution in [3.05, 3.63) is 71.7 Å². The van der Waals surface area contributed by atoms with E-state index in [1.165, 1.54) is 12.1 Å². The van der Waals surface area contributed by atoms with Gasteiger partial charge in [-0.1, -0.05) is 29.8 Å². The minimum atomic E-state index is -3.10. The van der Waals surface area contributed by atoms with Gasteiger partial charge in [-0.25, -0.2) is 12.8 Å². The first-order chi connectivity index (χ1) is 16.3. The number of amides is 1. The Bertz CT molecular complexity index is 1290. The van der Waals surface area contributed by atoms with E-state index in [2.05, 4.69) is 10.00 Å². The second kappa shape index (κ2) is 8.87. The van der Waals surface area contributed by atoms with Crippen molar-refractivity contribution in [1.82, 2.24) is 14.7 Å². The van der Waals surface area contributed by atoms with Gasteiger partial charge in [-0.3, -0.25) is 9.48 Å². The molecule has 34 heavy (non-hydrogen) atoms.